The van der Waals surface area contributed by atoms with Crippen molar-refractivity contribution < 1.29 is 27.1 Å². The highest BCUT2D eigenvalue weighted by Crippen LogP contribution is 2.24. The number of nitrogens with one attached hydrogen (secondary N) is 2. The van der Waals surface area contributed by atoms with Crippen molar-refractivity contribution >= 4 is 45.1 Å². The molecule has 1 amide bonds. The number of sulfonamides is 1. The van der Waals surface area contributed by atoms with Gasteiger partial charge in [0.25, 0.3) is 5.91 Å². The largest absolute Gasteiger partial charge is 0.455 e. The van der Waals surface area contributed by atoms with E-state index in [1.54, 1.807) is 12.1 Å². The number of carbonyl (C=O) groups excluding carboxylic acids is 2. The van der Waals surface area contributed by atoms with E-state index in [9.17, 15) is 22.4 Å². The van der Waals surface area contributed by atoms with Gasteiger partial charge in [-0.3, -0.25) is 9.59 Å². The van der Waals surface area contributed by atoms with Crippen LogP contribution in [0.5, 0.6) is 0 Å². The van der Waals surface area contributed by atoms with Gasteiger partial charge in [0.15, 0.2) is 6.61 Å². The molecule has 29 heavy (non-hydrogen) atoms. The first-order valence-corrected chi connectivity index (χ1v) is 10.5. The fourth-order valence-electron chi connectivity index (χ4n) is 2.13. The van der Waals surface area contributed by atoms with Gasteiger partial charge in [-0.1, -0.05) is 35.3 Å². The van der Waals surface area contributed by atoms with Crippen molar-refractivity contribution in [2.24, 2.45) is 0 Å². The maximum Gasteiger partial charge on any atom is 0.321 e. The molecule has 0 aliphatic heterocycles. The summed E-state index contributed by atoms with van der Waals surface area (Å²) in [6.45, 7) is -0.950. The first-order valence-electron chi connectivity index (χ1n) is 8.29. The summed E-state index contributed by atoms with van der Waals surface area (Å²) in [5, 5.41) is 2.78. The summed E-state index contributed by atoms with van der Waals surface area (Å²) >= 11 is 11.5. The van der Waals surface area contributed by atoms with Gasteiger partial charge in [-0.25, -0.2) is 12.8 Å². The Balaban J connectivity index is 1.71. The molecule has 0 fully saturated rings. The SMILES string of the molecule is O=C(COC(=O)CNS(=O)(=O)c1ccc(Cl)c(Cl)c1)NCCc1ccc(F)cc1. The van der Waals surface area contributed by atoms with Gasteiger partial charge >= 0.3 is 5.97 Å². The van der Waals surface area contributed by atoms with Gasteiger partial charge in [-0.2, -0.15) is 4.72 Å². The third kappa shape index (κ3) is 7.62. The molecule has 156 valence electrons. The van der Waals surface area contributed by atoms with Gasteiger partial charge in [-0.15, -0.1) is 0 Å². The van der Waals surface area contributed by atoms with Gasteiger partial charge in [0.2, 0.25) is 10.0 Å². The summed E-state index contributed by atoms with van der Waals surface area (Å²) < 4.78 is 43.8. The molecule has 2 aromatic rings. The normalized spacial score (nSPS) is 11.1. The summed E-state index contributed by atoms with van der Waals surface area (Å²) in [6.07, 6.45) is 0.476. The van der Waals surface area contributed by atoms with E-state index in [-0.39, 0.29) is 27.3 Å². The van der Waals surface area contributed by atoms with Crippen molar-refractivity contribution in [2.45, 2.75) is 11.3 Å². The highest BCUT2D eigenvalue weighted by atomic mass is 35.5. The molecule has 0 saturated carbocycles. The van der Waals surface area contributed by atoms with Crippen LogP contribution in [0, 0.1) is 5.82 Å². The number of rotatable bonds is 9. The zero-order valence-corrected chi connectivity index (χ0v) is 17.3. The highest BCUT2D eigenvalue weighted by molar-refractivity contribution is 7.89. The van der Waals surface area contributed by atoms with Crippen molar-refractivity contribution in [3.8, 4) is 0 Å². The summed E-state index contributed by atoms with van der Waals surface area (Å²) in [5.74, 6) is -1.82. The Morgan fingerprint density at radius 1 is 1.03 bits per heavy atom. The molecule has 0 aliphatic rings. The number of ether oxygens (including phenoxy) is 1. The summed E-state index contributed by atoms with van der Waals surface area (Å²) in [7, 11) is -4.00. The first kappa shape index (κ1) is 23.1. The molecule has 11 heteroatoms. The van der Waals surface area contributed by atoms with E-state index in [2.05, 4.69) is 5.32 Å². The molecule has 0 atom stereocenters. The maximum absolute atomic E-state index is 12.8. The lowest BCUT2D eigenvalue weighted by molar-refractivity contribution is -0.147. The van der Waals surface area contributed by atoms with Crippen LogP contribution < -0.4 is 10.0 Å². The Kier molecular flexibility index (Phi) is 8.39. The Hall–Kier alpha value is -2.20. The van der Waals surface area contributed by atoms with Gasteiger partial charge in [0, 0.05) is 6.54 Å². The fourth-order valence-corrected chi connectivity index (χ4v) is 3.48. The molecule has 2 rings (SSSR count). The maximum atomic E-state index is 12.8. The predicted octanol–water partition coefficient (Wildman–Crippen LogP) is 2.31. The minimum absolute atomic E-state index is 0.0504. The molecule has 2 aromatic carbocycles. The van der Waals surface area contributed by atoms with Crippen LogP contribution in [0.1, 0.15) is 5.56 Å². The predicted molar refractivity (Wildman–Crippen MR) is 106 cm³/mol. The van der Waals surface area contributed by atoms with Crippen LogP contribution in [0.4, 0.5) is 4.39 Å². The number of hydrogen-bond donors (Lipinski definition) is 2. The number of halogens is 3. The van der Waals surface area contributed by atoms with Crippen molar-refractivity contribution in [3.63, 3.8) is 0 Å². The second-order valence-electron chi connectivity index (χ2n) is 5.79. The quantitative estimate of drug-likeness (QED) is 0.556. The molecule has 0 saturated heterocycles. The van der Waals surface area contributed by atoms with Gasteiger partial charge in [0.1, 0.15) is 12.4 Å². The molecule has 0 heterocycles. The number of esters is 1. The van der Waals surface area contributed by atoms with Crippen LogP contribution in [-0.2, 0) is 30.8 Å². The molecule has 0 spiro atoms. The van der Waals surface area contributed by atoms with Gasteiger partial charge in [0.05, 0.1) is 14.9 Å². The van der Waals surface area contributed by atoms with Crippen molar-refractivity contribution in [1.29, 1.82) is 0 Å². The minimum atomic E-state index is -4.00. The lowest BCUT2D eigenvalue weighted by atomic mass is 10.1. The van der Waals surface area contributed by atoms with E-state index in [1.807, 2.05) is 4.72 Å². The average Bonchev–Trinajstić information content (AvgIpc) is 2.68. The molecule has 0 radical (unpaired) electrons. The van der Waals surface area contributed by atoms with Crippen molar-refractivity contribution in [1.82, 2.24) is 10.0 Å². The number of carbonyl (C=O) groups is 2. The smallest absolute Gasteiger partial charge is 0.321 e. The Morgan fingerprint density at radius 3 is 2.38 bits per heavy atom. The topological polar surface area (TPSA) is 102 Å². The Morgan fingerprint density at radius 2 is 1.72 bits per heavy atom. The summed E-state index contributed by atoms with van der Waals surface area (Å²) in [5.41, 5.74) is 0.834. The van der Waals surface area contributed by atoms with Gasteiger partial charge in [-0.05, 0) is 42.3 Å². The highest BCUT2D eigenvalue weighted by Gasteiger charge is 2.17. The molecule has 0 unspecified atom stereocenters. The third-order valence-electron chi connectivity index (χ3n) is 3.62. The molecular weight excluding hydrogens is 446 g/mol. The number of amides is 1. The second-order valence-corrected chi connectivity index (χ2v) is 8.37. The van der Waals surface area contributed by atoms with E-state index in [4.69, 9.17) is 27.9 Å². The van der Waals surface area contributed by atoms with E-state index in [0.29, 0.717) is 6.42 Å². The van der Waals surface area contributed by atoms with E-state index < -0.39 is 35.1 Å². The average molecular weight is 463 g/mol. The van der Waals surface area contributed by atoms with E-state index >= 15 is 0 Å². The van der Waals surface area contributed by atoms with Crippen LogP contribution in [-0.4, -0.2) is 40.0 Å². The summed E-state index contributed by atoms with van der Waals surface area (Å²) in [4.78, 5) is 23.2. The van der Waals surface area contributed by atoms with Crippen molar-refractivity contribution in [2.75, 3.05) is 19.7 Å². The lowest BCUT2D eigenvalue weighted by Gasteiger charge is -2.09. The number of hydrogen-bond acceptors (Lipinski definition) is 5. The number of benzene rings is 2. The van der Waals surface area contributed by atoms with E-state index in [0.717, 1.165) is 11.6 Å². The molecule has 7 nitrogen and oxygen atoms in total. The molecular formula is C18H17Cl2FN2O5S. The van der Waals surface area contributed by atoms with Crippen LogP contribution >= 0.6 is 23.2 Å². The lowest BCUT2D eigenvalue weighted by Crippen LogP contribution is -2.34. The molecule has 2 N–H and O–H groups in total. The zero-order chi connectivity index (χ0) is 21.4. The summed E-state index contributed by atoms with van der Waals surface area (Å²) in [6, 6.07) is 9.52. The van der Waals surface area contributed by atoms with Crippen LogP contribution in [0.2, 0.25) is 10.0 Å². The van der Waals surface area contributed by atoms with E-state index in [1.165, 1.54) is 24.3 Å². The standard InChI is InChI=1S/C18H17Cl2FN2O5S/c19-15-6-5-14(9-16(15)20)29(26,27)23-10-18(25)28-11-17(24)22-8-7-12-1-3-13(21)4-2-12/h1-6,9,23H,7-8,10-11H2,(H,22,24). The molecule has 0 bridgehead atoms. The zero-order valence-electron chi connectivity index (χ0n) is 15.0. The Labute approximate surface area is 177 Å². The van der Waals surface area contributed by atoms with Crippen LogP contribution in [0.15, 0.2) is 47.4 Å². The monoisotopic (exact) mass is 462 g/mol. The van der Waals surface area contributed by atoms with Crippen LogP contribution in [0.3, 0.4) is 0 Å². The van der Waals surface area contributed by atoms with Crippen LogP contribution in [0.25, 0.3) is 0 Å². The second kappa shape index (κ2) is 10.5. The first-order chi connectivity index (χ1) is 13.7. The molecule has 0 aliphatic carbocycles. The minimum Gasteiger partial charge on any atom is -0.455 e. The third-order valence-corrected chi connectivity index (χ3v) is 5.76. The molecule has 0 aromatic heterocycles. The fraction of sp³-hybridized carbons (Fsp3) is 0.222. The van der Waals surface area contributed by atoms with Gasteiger partial charge < -0.3 is 10.1 Å². The Bertz CT molecular complexity index is 984. The van der Waals surface area contributed by atoms with Crippen molar-refractivity contribution in [3.05, 3.63) is 63.9 Å².